The normalized spacial score (nSPS) is 12.0. The summed E-state index contributed by atoms with van der Waals surface area (Å²) >= 11 is 0. The Kier molecular flexibility index (Phi) is 27.3. The van der Waals surface area contributed by atoms with E-state index >= 15 is 0 Å². The summed E-state index contributed by atoms with van der Waals surface area (Å²) in [6.07, 6.45) is 28.0. The summed E-state index contributed by atoms with van der Waals surface area (Å²) in [5.74, 6) is 0. The van der Waals surface area contributed by atoms with Gasteiger partial charge in [-0.25, -0.2) is 0 Å². The maximum Gasteiger partial charge on any atom is 0.0880 e. The van der Waals surface area contributed by atoms with Crippen LogP contribution in [0.4, 0.5) is 0 Å². The zero-order valence-electron chi connectivity index (χ0n) is 23.3. The minimum absolute atomic E-state index is 0.0431. The Morgan fingerprint density at radius 3 is 1.21 bits per heavy atom. The molecule has 0 aliphatic rings. The molecular weight excluding hydrogens is 424 g/mol. The molecule has 0 rings (SSSR count). The quantitative estimate of drug-likeness (QED) is 0.104. The average molecular weight is 487 g/mol. The van der Waals surface area contributed by atoms with Gasteiger partial charge in [-0.15, -0.1) is 0 Å². The van der Waals surface area contributed by atoms with Crippen molar-refractivity contribution < 1.29 is 19.7 Å². The topological polar surface area (TPSA) is 58.9 Å². The average Bonchev–Trinajstić information content (AvgIpc) is 2.84. The van der Waals surface area contributed by atoms with Gasteiger partial charge < -0.3 is 19.7 Å². The number of hydrogen-bond donors (Lipinski definition) is 2. The molecule has 0 spiro atoms. The smallest absolute Gasteiger partial charge is 0.0880 e. The van der Waals surface area contributed by atoms with E-state index in [1.165, 1.54) is 116 Å². The van der Waals surface area contributed by atoms with Crippen LogP contribution in [-0.4, -0.2) is 48.8 Å². The van der Waals surface area contributed by atoms with Crippen LogP contribution in [0.3, 0.4) is 0 Å². The SMILES string of the molecule is CCCCCCCCCCCCC(O)(CCCCCCCCCCCC)COCCOCCO. The lowest BCUT2D eigenvalue weighted by Gasteiger charge is -2.28. The van der Waals surface area contributed by atoms with Crippen molar-refractivity contribution in [3.05, 3.63) is 0 Å². The Hall–Kier alpha value is -0.160. The van der Waals surface area contributed by atoms with Crippen LogP contribution < -0.4 is 0 Å². The molecule has 0 amide bonds. The zero-order chi connectivity index (χ0) is 25.0. The van der Waals surface area contributed by atoms with Gasteiger partial charge in [-0.05, 0) is 12.8 Å². The number of aliphatic hydroxyl groups excluding tert-OH is 1. The molecule has 0 aromatic heterocycles. The van der Waals surface area contributed by atoms with Gasteiger partial charge in [0.15, 0.2) is 0 Å². The van der Waals surface area contributed by atoms with Crippen molar-refractivity contribution in [2.45, 2.75) is 161 Å². The molecule has 0 radical (unpaired) electrons. The van der Waals surface area contributed by atoms with Gasteiger partial charge >= 0.3 is 0 Å². The van der Waals surface area contributed by atoms with Crippen LogP contribution in [0.25, 0.3) is 0 Å². The molecule has 0 aromatic carbocycles. The van der Waals surface area contributed by atoms with E-state index < -0.39 is 5.60 Å². The van der Waals surface area contributed by atoms with Crippen LogP contribution in [0.5, 0.6) is 0 Å². The Labute approximate surface area is 213 Å². The third-order valence-corrected chi connectivity index (χ3v) is 6.97. The van der Waals surface area contributed by atoms with Crippen molar-refractivity contribution in [1.29, 1.82) is 0 Å². The minimum atomic E-state index is -0.697. The lowest BCUT2D eigenvalue weighted by atomic mass is 9.90. The first-order chi connectivity index (χ1) is 16.7. The number of aliphatic hydroxyl groups is 2. The van der Waals surface area contributed by atoms with E-state index in [9.17, 15) is 5.11 Å². The van der Waals surface area contributed by atoms with Crippen molar-refractivity contribution in [3.8, 4) is 0 Å². The second kappa shape index (κ2) is 27.4. The van der Waals surface area contributed by atoms with Crippen molar-refractivity contribution in [3.63, 3.8) is 0 Å². The molecule has 4 nitrogen and oxygen atoms in total. The Balaban J connectivity index is 3.99. The fourth-order valence-electron chi connectivity index (χ4n) is 4.70. The molecule has 0 bridgehead atoms. The molecule has 0 aliphatic carbocycles. The summed E-state index contributed by atoms with van der Waals surface area (Å²) in [4.78, 5) is 0. The minimum Gasteiger partial charge on any atom is -0.394 e. The van der Waals surface area contributed by atoms with E-state index in [0.717, 1.165) is 25.7 Å². The first kappa shape index (κ1) is 33.8. The van der Waals surface area contributed by atoms with Gasteiger partial charge in [-0.2, -0.15) is 0 Å². The van der Waals surface area contributed by atoms with Crippen LogP contribution >= 0.6 is 0 Å². The molecule has 0 aromatic rings. The van der Waals surface area contributed by atoms with E-state index in [-0.39, 0.29) is 6.61 Å². The van der Waals surface area contributed by atoms with Gasteiger partial charge in [0.05, 0.1) is 38.6 Å². The number of ether oxygens (including phenoxy) is 2. The van der Waals surface area contributed by atoms with Gasteiger partial charge in [0, 0.05) is 0 Å². The van der Waals surface area contributed by atoms with E-state index in [4.69, 9.17) is 14.6 Å². The summed E-state index contributed by atoms with van der Waals surface area (Å²) in [5, 5.41) is 20.0. The van der Waals surface area contributed by atoms with Crippen LogP contribution in [0.1, 0.15) is 155 Å². The molecule has 0 saturated carbocycles. The number of hydrogen-bond acceptors (Lipinski definition) is 4. The van der Waals surface area contributed by atoms with Gasteiger partial charge in [0.1, 0.15) is 0 Å². The highest BCUT2D eigenvalue weighted by Gasteiger charge is 2.26. The third-order valence-electron chi connectivity index (χ3n) is 6.97. The summed E-state index contributed by atoms with van der Waals surface area (Å²) in [6, 6.07) is 0. The predicted octanol–water partition coefficient (Wildman–Crippen LogP) is 8.37. The van der Waals surface area contributed by atoms with E-state index in [2.05, 4.69) is 13.8 Å². The van der Waals surface area contributed by atoms with Gasteiger partial charge in [0.25, 0.3) is 0 Å². The summed E-state index contributed by atoms with van der Waals surface area (Å²) in [5.41, 5.74) is -0.697. The van der Waals surface area contributed by atoms with Crippen LogP contribution in [0, 0.1) is 0 Å². The fourth-order valence-corrected chi connectivity index (χ4v) is 4.70. The van der Waals surface area contributed by atoms with Gasteiger partial charge in [-0.3, -0.25) is 0 Å². The summed E-state index contributed by atoms with van der Waals surface area (Å²) < 4.78 is 11.0. The Morgan fingerprint density at radius 2 is 0.824 bits per heavy atom. The van der Waals surface area contributed by atoms with Crippen LogP contribution in [0.2, 0.25) is 0 Å². The monoisotopic (exact) mass is 486 g/mol. The largest absolute Gasteiger partial charge is 0.394 e. The second-order valence-electron chi connectivity index (χ2n) is 10.5. The number of rotatable bonds is 29. The molecule has 4 heteroatoms. The molecule has 0 aliphatic heterocycles. The number of unbranched alkanes of at least 4 members (excludes halogenated alkanes) is 18. The van der Waals surface area contributed by atoms with Crippen LogP contribution in [-0.2, 0) is 9.47 Å². The highest BCUT2D eigenvalue weighted by molar-refractivity contribution is 4.78. The Bertz CT molecular complexity index is 351. The molecule has 206 valence electrons. The molecule has 0 saturated heterocycles. The molecule has 0 unspecified atom stereocenters. The van der Waals surface area contributed by atoms with Crippen molar-refractivity contribution in [2.24, 2.45) is 0 Å². The zero-order valence-corrected chi connectivity index (χ0v) is 23.3. The van der Waals surface area contributed by atoms with Crippen molar-refractivity contribution in [1.82, 2.24) is 0 Å². The highest BCUT2D eigenvalue weighted by atomic mass is 16.5. The van der Waals surface area contributed by atoms with Crippen molar-refractivity contribution >= 4 is 0 Å². The van der Waals surface area contributed by atoms with E-state index in [0.29, 0.717) is 26.4 Å². The predicted molar refractivity (Wildman–Crippen MR) is 147 cm³/mol. The maximum absolute atomic E-state index is 11.3. The summed E-state index contributed by atoms with van der Waals surface area (Å²) in [7, 11) is 0. The fraction of sp³-hybridized carbons (Fsp3) is 1.00. The van der Waals surface area contributed by atoms with E-state index in [1.807, 2.05) is 0 Å². The molecular formula is C30H62O4. The highest BCUT2D eigenvalue weighted by Crippen LogP contribution is 2.24. The molecule has 0 heterocycles. The van der Waals surface area contributed by atoms with Gasteiger partial charge in [0.2, 0.25) is 0 Å². The molecule has 2 N–H and O–H groups in total. The summed E-state index contributed by atoms with van der Waals surface area (Å²) in [6.45, 7) is 6.31. The molecule has 0 atom stereocenters. The van der Waals surface area contributed by atoms with Gasteiger partial charge in [-0.1, -0.05) is 142 Å². The van der Waals surface area contributed by atoms with Crippen molar-refractivity contribution in [2.75, 3.05) is 33.0 Å². The molecule has 34 heavy (non-hydrogen) atoms. The Morgan fingerprint density at radius 1 is 0.471 bits per heavy atom. The third kappa shape index (κ3) is 24.9. The maximum atomic E-state index is 11.3. The lowest BCUT2D eigenvalue weighted by molar-refractivity contribution is -0.0707. The first-order valence-corrected chi connectivity index (χ1v) is 15.2. The second-order valence-corrected chi connectivity index (χ2v) is 10.5. The standard InChI is InChI=1S/C30H62O4/c1-3-5-7-9-11-13-15-17-19-21-23-30(32,29-34-28-27-33-26-25-31)24-22-20-18-16-14-12-10-8-6-4-2/h31-32H,3-29H2,1-2H3. The van der Waals surface area contributed by atoms with E-state index in [1.54, 1.807) is 0 Å². The molecule has 0 fully saturated rings. The first-order valence-electron chi connectivity index (χ1n) is 15.2. The van der Waals surface area contributed by atoms with Crippen LogP contribution in [0.15, 0.2) is 0 Å². The lowest BCUT2D eigenvalue weighted by Crippen LogP contribution is -2.35.